The summed E-state index contributed by atoms with van der Waals surface area (Å²) in [5.41, 5.74) is 1.19. The van der Waals surface area contributed by atoms with Crippen molar-refractivity contribution in [2.24, 2.45) is 0 Å². The lowest BCUT2D eigenvalue weighted by molar-refractivity contribution is 0.251. The Morgan fingerprint density at radius 2 is 2.04 bits per heavy atom. The second kappa shape index (κ2) is 7.39. The Hall–Kier alpha value is -3.49. The van der Waals surface area contributed by atoms with Crippen LogP contribution in [0.15, 0.2) is 48.5 Å². The van der Waals surface area contributed by atoms with Gasteiger partial charge in [0.2, 0.25) is 0 Å². The van der Waals surface area contributed by atoms with E-state index in [9.17, 15) is 9.18 Å². The molecule has 9 heteroatoms. The lowest BCUT2D eigenvalue weighted by Gasteiger charge is -2.09. The van der Waals surface area contributed by atoms with Crippen molar-refractivity contribution in [3.63, 3.8) is 0 Å². The number of ether oxygens (including phenoxy) is 1. The molecule has 1 aromatic heterocycles. The summed E-state index contributed by atoms with van der Waals surface area (Å²) in [6, 6.07) is 12.3. The fourth-order valence-corrected chi connectivity index (χ4v) is 2.13. The fourth-order valence-electron chi connectivity index (χ4n) is 2.13. The third-order valence-corrected chi connectivity index (χ3v) is 3.34. The Morgan fingerprint density at radius 1 is 1.24 bits per heavy atom. The molecule has 0 aliphatic rings. The van der Waals surface area contributed by atoms with Gasteiger partial charge in [0.1, 0.15) is 11.6 Å². The van der Waals surface area contributed by atoms with Crippen LogP contribution in [0.2, 0.25) is 0 Å². The monoisotopic (exact) mass is 342 g/mol. The summed E-state index contributed by atoms with van der Waals surface area (Å²) >= 11 is 0. The largest absolute Gasteiger partial charge is 0.497 e. The fraction of sp³-hybridized carbons (Fsp3) is 0.125. The second-order valence-corrected chi connectivity index (χ2v) is 5.02. The first-order valence-corrected chi connectivity index (χ1v) is 7.38. The Labute approximate surface area is 142 Å². The molecule has 3 aromatic rings. The number of tetrazole rings is 1. The molecule has 0 fully saturated rings. The average Bonchev–Trinajstić information content (AvgIpc) is 3.09. The van der Waals surface area contributed by atoms with Crippen molar-refractivity contribution in [2.45, 2.75) is 6.54 Å². The molecule has 3 rings (SSSR count). The summed E-state index contributed by atoms with van der Waals surface area (Å²) in [7, 11) is 1.55. The number of halogens is 1. The van der Waals surface area contributed by atoms with Crippen molar-refractivity contribution in [2.75, 3.05) is 12.4 Å². The lowest BCUT2D eigenvalue weighted by Crippen LogP contribution is -2.29. The van der Waals surface area contributed by atoms with Crippen LogP contribution in [0.3, 0.4) is 0 Å². The molecular formula is C16H15FN6O2. The third kappa shape index (κ3) is 4.08. The van der Waals surface area contributed by atoms with E-state index in [-0.39, 0.29) is 12.4 Å². The predicted molar refractivity (Wildman–Crippen MR) is 88.0 cm³/mol. The molecule has 0 unspecified atom stereocenters. The molecule has 2 aromatic carbocycles. The topological polar surface area (TPSA) is 94.0 Å². The first-order valence-electron chi connectivity index (χ1n) is 7.38. The molecule has 0 atom stereocenters. The molecule has 0 saturated carbocycles. The quantitative estimate of drug-likeness (QED) is 0.741. The molecule has 0 bridgehead atoms. The van der Waals surface area contributed by atoms with Gasteiger partial charge in [-0.25, -0.2) is 9.18 Å². The van der Waals surface area contributed by atoms with Crippen molar-refractivity contribution in [1.29, 1.82) is 0 Å². The molecule has 2 N–H and O–H groups in total. The van der Waals surface area contributed by atoms with Gasteiger partial charge < -0.3 is 15.4 Å². The van der Waals surface area contributed by atoms with Gasteiger partial charge in [-0.1, -0.05) is 6.07 Å². The summed E-state index contributed by atoms with van der Waals surface area (Å²) in [6.45, 7) is 0.0974. The van der Waals surface area contributed by atoms with Gasteiger partial charge in [0.05, 0.1) is 19.3 Å². The minimum absolute atomic E-state index is 0.0974. The van der Waals surface area contributed by atoms with E-state index in [4.69, 9.17) is 4.74 Å². The number of benzene rings is 2. The van der Waals surface area contributed by atoms with E-state index in [2.05, 4.69) is 26.2 Å². The zero-order chi connectivity index (χ0) is 17.6. The zero-order valence-electron chi connectivity index (χ0n) is 13.3. The maximum atomic E-state index is 13.0. The summed E-state index contributed by atoms with van der Waals surface area (Å²) < 4.78 is 19.5. The number of methoxy groups -OCH3 is 1. The van der Waals surface area contributed by atoms with Gasteiger partial charge in [-0.3, -0.25) is 0 Å². The standard InChI is InChI=1S/C16H15FN6O2/c1-25-14-4-2-3-12(9-14)19-16(24)18-10-15-20-21-22-23(15)13-7-5-11(17)6-8-13/h2-9H,10H2,1H3,(H2,18,19,24). The Bertz CT molecular complexity index is 865. The van der Waals surface area contributed by atoms with E-state index in [0.717, 1.165) is 0 Å². The van der Waals surface area contributed by atoms with Crippen LogP contribution in [-0.2, 0) is 6.54 Å². The normalized spacial score (nSPS) is 10.3. The molecule has 2 amide bonds. The molecule has 0 radical (unpaired) electrons. The van der Waals surface area contributed by atoms with Crippen LogP contribution in [0.1, 0.15) is 5.82 Å². The molecule has 8 nitrogen and oxygen atoms in total. The van der Waals surface area contributed by atoms with E-state index < -0.39 is 6.03 Å². The Balaban J connectivity index is 1.63. The smallest absolute Gasteiger partial charge is 0.319 e. The number of rotatable bonds is 5. The van der Waals surface area contributed by atoms with Crippen LogP contribution in [0.25, 0.3) is 5.69 Å². The minimum Gasteiger partial charge on any atom is -0.497 e. The van der Waals surface area contributed by atoms with Crippen LogP contribution in [0.5, 0.6) is 5.75 Å². The van der Waals surface area contributed by atoms with Gasteiger partial charge in [0.15, 0.2) is 5.82 Å². The van der Waals surface area contributed by atoms with E-state index in [1.165, 1.54) is 16.8 Å². The first-order chi connectivity index (χ1) is 12.2. The molecule has 25 heavy (non-hydrogen) atoms. The number of carbonyl (C=O) groups excluding carboxylic acids is 1. The average molecular weight is 342 g/mol. The number of hydrogen-bond acceptors (Lipinski definition) is 5. The highest BCUT2D eigenvalue weighted by Crippen LogP contribution is 2.16. The number of carbonyl (C=O) groups is 1. The van der Waals surface area contributed by atoms with E-state index in [1.54, 1.807) is 43.5 Å². The number of urea groups is 1. The molecule has 128 valence electrons. The molecule has 0 aliphatic carbocycles. The van der Waals surface area contributed by atoms with Gasteiger partial charge in [-0.15, -0.1) is 5.10 Å². The van der Waals surface area contributed by atoms with Crippen LogP contribution in [-0.4, -0.2) is 33.3 Å². The summed E-state index contributed by atoms with van der Waals surface area (Å²) in [5.74, 6) is 0.694. The van der Waals surface area contributed by atoms with Gasteiger partial charge in [-0.2, -0.15) is 4.68 Å². The summed E-state index contributed by atoms with van der Waals surface area (Å²) in [6.07, 6.45) is 0. The number of anilines is 1. The van der Waals surface area contributed by atoms with Crippen LogP contribution >= 0.6 is 0 Å². The van der Waals surface area contributed by atoms with Crippen molar-refractivity contribution >= 4 is 11.7 Å². The number of nitrogens with one attached hydrogen (secondary N) is 2. The van der Waals surface area contributed by atoms with Crippen LogP contribution in [0.4, 0.5) is 14.9 Å². The maximum Gasteiger partial charge on any atom is 0.319 e. The number of aromatic nitrogens is 4. The second-order valence-electron chi connectivity index (χ2n) is 5.02. The molecule has 0 spiro atoms. The van der Waals surface area contributed by atoms with Gasteiger partial charge in [-0.05, 0) is 46.8 Å². The minimum atomic E-state index is -0.415. The number of nitrogens with zero attached hydrogens (tertiary/aromatic N) is 4. The lowest BCUT2D eigenvalue weighted by atomic mass is 10.3. The zero-order valence-corrected chi connectivity index (χ0v) is 13.3. The third-order valence-electron chi connectivity index (χ3n) is 3.34. The highest BCUT2D eigenvalue weighted by molar-refractivity contribution is 5.89. The summed E-state index contributed by atoms with van der Waals surface area (Å²) in [5, 5.41) is 16.7. The highest BCUT2D eigenvalue weighted by atomic mass is 19.1. The van der Waals surface area contributed by atoms with E-state index >= 15 is 0 Å². The van der Waals surface area contributed by atoms with Crippen molar-refractivity contribution in [3.8, 4) is 11.4 Å². The van der Waals surface area contributed by atoms with E-state index in [0.29, 0.717) is 22.9 Å². The van der Waals surface area contributed by atoms with Crippen molar-refractivity contribution < 1.29 is 13.9 Å². The van der Waals surface area contributed by atoms with Gasteiger partial charge in [0, 0.05) is 11.8 Å². The van der Waals surface area contributed by atoms with Crippen molar-refractivity contribution in [1.82, 2.24) is 25.5 Å². The molecule has 0 aliphatic heterocycles. The molecule has 1 heterocycles. The molecule has 0 saturated heterocycles. The Morgan fingerprint density at radius 3 is 2.80 bits per heavy atom. The van der Waals surface area contributed by atoms with Crippen molar-refractivity contribution in [3.05, 3.63) is 60.2 Å². The van der Waals surface area contributed by atoms with E-state index in [1.807, 2.05) is 0 Å². The summed E-state index contributed by atoms with van der Waals surface area (Å²) in [4.78, 5) is 12.0. The van der Waals surface area contributed by atoms with Crippen LogP contribution in [0, 0.1) is 5.82 Å². The number of amides is 2. The van der Waals surface area contributed by atoms with Gasteiger partial charge >= 0.3 is 6.03 Å². The first kappa shape index (κ1) is 16.4. The van der Waals surface area contributed by atoms with Gasteiger partial charge in [0.25, 0.3) is 0 Å². The maximum absolute atomic E-state index is 13.0. The van der Waals surface area contributed by atoms with Crippen LogP contribution < -0.4 is 15.4 Å². The predicted octanol–water partition coefficient (Wildman–Crippen LogP) is 2.13. The number of hydrogen-bond donors (Lipinski definition) is 2. The Kier molecular flexibility index (Phi) is 4.84. The molecular weight excluding hydrogens is 327 g/mol. The SMILES string of the molecule is COc1cccc(NC(=O)NCc2nnnn2-c2ccc(F)cc2)c1. The highest BCUT2D eigenvalue weighted by Gasteiger charge is 2.10.